The number of carbonyl (C=O) groups is 1. The van der Waals surface area contributed by atoms with Crippen LogP contribution in [0.1, 0.15) is 11.1 Å². The zero-order valence-corrected chi connectivity index (χ0v) is 14.9. The van der Waals surface area contributed by atoms with Gasteiger partial charge in [-0.05, 0) is 30.2 Å². The maximum absolute atomic E-state index is 11.6. The Bertz CT molecular complexity index is 965. The number of amides is 1. The molecule has 0 bridgehead atoms. The van der Waals surface area contributed by atoms with Crippen LogP contribution in [0.15, 0.2) is 30.7 Å². The highest BCUT2D eigenvalue weighted by atomic mass is 16.2. The fraction of sp³-hybridized carbons (Fsp3) is 0.333. The first kappa shape index (κ1) is 16.3. The molecule has 3 aromatic rings. The summed E-state index contributed by atoms with van der Waals surface area (Å²) in [6.45, 7) is 4.69. The summed E-state index contributed by atoms with van der Waals surface area (Å²) >= 11 is 0. The zero-order valence-electron chi connectivity index (χ0n) is 14.9. The first-order valence-corrected chi connectivity index (χ1v) is 8.59. The van der Waals surface area contributed by atoms with Crippen LogP contribution in [0.5, 0.6) is 0 Å². The molecule has 8 nitrogen and oxygen atoms in total. The number of hydrogen-bond donors (Lipinski definition) is 2. The van der Waals surface area contributed by atoms with Crippen molar-refractivity contribution in [2.45, 2.75) is 13.5 Å². The molecule has 1 aromatic carbocycles. The highest BCUT2D eigenvalue weighted by molar-refractivity contribution is 5.86. The summed E-state index contributed by atoms with van der Waals surface area (Å²) in [4.78, 5) is 22.3. The van der Waals surface area contributed by atoms with Gasteiger partial charge in [-0.25, -0.2) is 9.97 Å². The third-order valence-electron chi connectivity index (χ3n) is 4.71. The van der Waals surface area contributed by atoms with E-state index in [0.29, 0.717) is 19.6 Å². The van der Waals surface area contributed by atoms with Crippen LogP contribution < -0.4 is 15.5 Å². The normalized spacial score (nSPS) is 14.5. The largest absolute Gasteiger partial charge is 0.365 e. The molecule has 0 aliphatic carbocycles. The molecule has 1 aliphatic rings. The van der Waals surface area contributed by atoms with Gasteiger partial charge in [-0.15, -0.1) is 0 Å². The molecule has 4 rings (SSSR count). The van der Waals surface area contributed by atoms with Crippen molar-refractivity contribution < 1.29 is 4.79 Å². The van der Waals surface area contributed by atoms with Crippen LogP contribution in [0.2, 0.25) is 0 Å². The molecule has 2 N–H and O–H groups in total. The second kappa shape index (κ2) is 6.62. The Labute approximate surface area is 151 Å². The molecule has 2 aromatic heterocycles. The Morgan fingerprint density at radius 2 is 2.19 bits per heavy atom. The van der Waals surface area contributed by atoms with Crippen molar-refractivity contribution >= 4 is 28.4 Å². The fourth-order valence-corrected chi connectivity index (χ4v) is 3.22. The predicted molar refractivity (Wildman–Crippen MR) is 100 cm³/mol. The van der Waals surface area contributed by atoms with E-state index in [1.54, 1.807) is 17.2 Å². The van der Waals surface area contributed by atoms with Gasteiger partial charge >= 0.3 is 0 Å². The maximum atomic E-state index is 11.6. The summed E-state index contributed by atoms with van der Waals surface area (Å²) in [5, 5.41) is 11.4. The van der Waals surface area contributed by atoms with E-state index in [2.05, 4.69) is 55.7 Å². The Hall–Kier alpha value is -3.16. The molecule has 0 saturated carbocycles. The Morgan fingerprint density at radius 3 is 3.00 bits per heavy atom. The van der Waals surface area contributed by atoms with E-state index < -0.39 is 0 Å². The van der Waals surface area contributed by atoms with Crippen LogP contribution >= 0.6 is 0 Å². The number of aryl methyl sites for hydroxylation is 2. The zero-order chi connectivity index (χ0) is 18.1. The number of fused-ring (bicyclic) bond motifs is 1. The van der Waals surface area contributed by atoms with Crippen molar-refractivity contribution in [3.8, 4) is 0 Å². The molecule has 134 valence electrons. The van der Waals surface area contributed by atoms with E-state index >= 15 is 0 Å². The molecule has 1 saturated heterocycles. The summed E-state index contributed by atoms with van der Waals surface area (Å²) in [6.07, 6.45) is 3.32. The molecule has 1 fully saturated rings. The number of rotatable bonds is 4. The van der Waals surface area contributed by atoms with Gasteiger partial charge < -0.3 is 15.5 Å². The van der Waals surface area contributed by atoms with Crippen molar-refractivity contribution in [1.29, 1.82) is 0 Å². The molecule has 0 spiro atoms. The molecule has 0 unspecified atom stereocenters. The van der Waals surface area contributed by atoms with E-state index in [1.165, 1.54) is 11.1 Å². The summed E-state index contributed by atoms with van der Waals surface area (Å²) in [6, 6.07) is 6.31. The summed E-state index contributed by atoms with van der Waals surface area (Å²) in [5.74, 6) is 0.850. The fourth-order valence-electron chi connectivity index (χ4n) is 3.22. The highest BCUT2D eigenvalue weighted by Gasteiger charge is 2.17. The number of anilines is 2. The van der Waals surface area contributed by atoms with Crippen molar-refractivity contribution in [3.05, 3.63) is 41.9 Å². The van der Waals surface area contributed by atoms with Gasteiger partial charge in [0.25, 0.3) is 0 Å². The maximum Gasteiger partial charge on any atom is 0.239 e. The van der Waals surface area contributed by atoms with Crippen LogP contribution in [0.25, 0.3) is 11.0 Å². The van der Waals surface area contributed by atoms with Gasteiger partial charge in [0.1, 0.15) is 12.1 Å². The van der Waals surface area contributed by atoms with E-state index in [1.807, 2.05) is 7.05 Å². The quantitative estimate of drug-likeness (QED) is 0.735. The standard InChI is InChI=1S/C18H21N7O/c1-12-7-14(25-6-5-19-16(26)10-25)4-3-13(12)8-20-17-15-9-23-24(2)18(15)22-11-21-17/h3-4,7,9,11H,5-6,8,10H2,1-2H3,(H,19,26)(H,20,21,22). The van der Waals surface area contributed by atoms with Gasteiger partial charge in [0, 0.05) is 32.4 Å². The van der Waals surface area contributed by atoms with Crippen LogP contribution in [0, 0.1) is 6.92 Å². The van der Waals surface area contributed by atoms with Crippen LogP contribution in [0.3, 0.4) is 0 Å². The van der Waals surface area contributed by atoms with E-state index in [9.17, 15) is 4.79 Å². The number of nitrogens with zero attached hydrogens (tertiary/aromatic N) is 5. The Morgan fingerprint density at radius 1 is 1.31 bits per heavy atom. The van der Waals surface area contributed by atoms with Crippen LogP contribution in [-0.4, -0.2) is 45.3 Å². The average molecular weight is 351 g/mol. The minimum absolute atomic E-state index is 0.0731. The number of aromatic nitrogens is 4. The molecule has 3 heterocycles. The Kier molecular flexibility index (Phi) is 4.16. The summed E-state index contributed by atoms with van der Waals surface area (Å²) < 4.78 is 1.73. The lowest BCUT2D eigenvalue weighted by Crippen LogP contribution is -2.47. The lowest BCUT2D eigenvalue weighted by molar-refractivity contribution is -0.120. The predicted octanol–water partition coefficient (Wildman–Crippen LogP) is 1.22. The van der Waals surface area contributed by atoms with Crippen molar-refractivity contribution in [2.75, 3.05) is 29.9 Å². The SMILES string of the molecule is Cc1cc(N2CCNC(=O)C2)ccc1CNc1ncnc2c1cnn2C. The van der Waals surface area contributed by atoms with Crippen molar-refractivity contribution in [2.24, 2.45) is 7.05 Å². The van der Waals surface area contributed by atoms with Gasteiger partial charge in [-0.2, -0.15) is 5.10 Å². The first-order chi connectivity index (χ1) is 12.6. The second-order valence-corrected chi connectivity index (χ2v) is 6.46. The van der Waals surface area contributed by atoms with Gasteiger partial charge in [0.2, 0.25) is 5.91 Å². The number of carbonyl (C=O) groups excluding carboxylic acids is 1. The average Bonchev–Trinajstić information content (AvgIpc) is 3.02. The topological polar surface area (TPSA) is 88.0 Å². The molecule has 0 radical (unpaired) electrons. The minimum atomic E-state index is 0.0731. The lowest BCUT2D eigenvalue weighted by atomic mass is 10.1. The molecular formula is C18H21N7O. The molecule has 26 heavy (non-hydrogen) atoms. The minimum Gasteiger partial charge on any atom is -0.365 e. The van der Waals surface area contributed by atoms with E-state index in [4.69, 9.17) is 0 Å². The van der Waals surface area contributed by atoms with E-state index in [-0.39, 0.29) is 5.91 Å². The lowest BCUT2D eigenvalue weighted by Gasteiger charge is -2.29. The number of piperazine rings is 1. The third kappa shape index (κ3) is 3.05. The van der Waals surface area contributed by atoms with Gasteiger partial charge in [0.15, 0.2) is 5.65 Å². The Balaban J connectivity index is 1.50. The molecular weight excluding hydrogens is 330 g/mol. The monoisotopic (exact) mass is 351 g/mol. The smallest absolute Gasteiger partial charge is 0.239 e. The van der Waals surface area contributed by atoms with Gasteiger partial charge in [-0.1, -0.05) is 6.07 Å². The van der Waals surface area contributed by atoms with Crippen molar-refractivity contribution in [1.82, 2.24) is 25.1 Å². The number of benzene rings is 1. The summed E-state index contributed by atoms with van der Waals surface area (Å²) in [7, 11) is 1.86. The van der Waals surface area contributed by atoms with Crippen LogP contribution in [-0.2, 0) is 18.4 Å². The first-order valence-electron chi connectivity index (χ1n) is 8.59. The van der Waals surface area contributed by atoms with E-state index in [0.717, 1.165) is 29.1 Å². The number of hydrogen-bond acceptors (Lipinski definition) is 6. The second-order valence-electron chi connectivity index (χ2n) is 6.46. The molecule has 0 atom stereocenters. The molecule has 1 amide bonds. The van der Waals surface area contributed by atoms with Gasteiger partial charge in [0.05, 0.1) is 18.1 Å². The summed E-state index contributed by atoms with van der Waals surface area (Å²) in [5.41, 5.74) is 4.25. The van der Waals surface area contributed by atoms with Gasteiger partial charge in [-0.3, -0.25) is 9.48 Å². The molecule has 1 aliphatic heterocycles. The van der Waals surface area contributed by atoms with Crippen LogP contribution in [0.4, 0.5) is 11.5 Å². The molecule has 8 heteroatoms. The number of nitrogens with one attached hydrogen (secondary N) is 2. The van der Waals surface area contributed by atoms with Crippen molar-refractivity contribution in [3.63, 3.8) is 0 Å². The third-order valence-corrected chi connectivity index (χ3v) is 4.71. The highest BCUT2D eigenvalue weighted by Crippen LogP contribution is 2.22.